The van der Waals surface area contributed by atoms with E-state index < -0.39 is 11.7 Å². The topological polar surface area (TPSA) is 59.6 Å². The van der Waals surface area contributed by atoms with E-state index >= 15 is 0 Å². The van der Waals surface area contributed by atoms with E-state index in [1.165, 1.54) is 17.7 Å². The number of aromatic nitrogens is 2. The highest BCUT2D eigenvalue weighted by Crippen LogP contribution is 2.31. The number of anilines is 1. The first-order valence-corrected chi connectivity index (χ1v) is 10.3. The summed E-state index contributed by atoms with van der Waals surface area (Å²) in [4.78, 5) is 8.92. The number of alkyl halides is 3. The van der Waals surface area contributed by atoms with E-state index in [1.807, 2.05) is 24.9 Å². The average molecular weight is 550 g/mol. The van der Waals surface area contributed by atoms with Crippen LogP contribution in [-0.4, -0.2) is 60.3 Å². The Kier molecular flexibility index (Phi) is 9.45. The largest absolute Gasteiger partial charge is 0.416 e. The molecule has 6 nitrogen and oxygen atoms in total. The molecule has 0 radical (unpaired) electrons. The van der Waals surface area contributed by atoms with Gasteiger partial charge in [-0.25, -0.2) is 0 Å². The molecule has 2 aromatic rings. The number of aromatic amines is 1. The first kappa shape index (κ1) is 25.3. The van der Waals surface area contributed by atoms with E-state index in [4.69, 9.17) is 4.99 Å². The van der Waals surface area contributed by atoms with E-state index in [-0.39, 0.29) is 24.0 Å². The molecule has 31 heavy (non-hydrogen) atoms. The van der Waals surface area contributed by atoms with Crippen LogP contribution in [-0.2, 0) is 12.6 Å². The number of nitrogens with one attached hydrogen (secondary N) is 2. The maximum absolute atomic E-state index is 13.0. The molecule has 1 aromatic heterocycles. The lowest BCUT2D eigenvalue weighted by Gasteiger charge is -2.38. The smallest absolute Gasteiger partial charge is 0.368 e. The van der Waals surface area contributed by atoms with Crippen LogP contribution in [0.1, 0.15) is 30.2 Å². The van der Waals surface area contributed by atoms with Crippen molar-refractivity contribution in [2.24, 2.45) is 4.99 Å². The minimum atomic E-state index is -4.32. The number of aliphatic imine (C=N–C) groups is 1. The van der Waals surface area contributed by atoms with Crippen LogP contribution in [0.15, 0.2) is 35.5 Å². The van der Waals surface area contributed by atoms with Crippen LogP contribution in [0.2, 0.25) is 0 Å². The maximum Gasteiger partial charge on any atom is 0.416 e. The molecule has 2 heterocycles. The molecule has 0 spiro atoms. The van der Waals surface area contributed by atoms with E-state index in [0.29, 0.717) is 38.4 Å². The Hall–Kier alpha value is -1.98. The average Bonchev–Trinajstić information content (AvgIpc) is 3.15. The summed E-state index contributed by atoms with van der Waals surface area (Å²) in [5.41, 5.74) is 2.31. The van der Waals surface area contributed by atoms with Gasteiger partial charge in [-0.1, -0.05) is 6.07 Å². The van der Waals surface area contributed by atoms with Gasteiger partial charge < -0.3 is 15.1 Å². The van der Waals surface area contributed by atoms with Crippen LogP contribution >= 0.6 is 24.0 Å². The van der Waals surface area contributed by atoms with Crippen molar-refractivity contribution in [3.8, 4) is 0 Å². The van der Waals surface area contributed by atoms with Crippen molar-refractivity contribution in [3.63, 3.8) is 0 Å². The Balaban J connectivity index is 0.00000341. The molecule has 1 aromatic carbocycles. The lowest BCUT2D eigenvalue weighted by atomic mass is 10.1. The highest BCUT2D eigenvalue weighted by Gasteiger charge is 2.31. The monoisotopic (exact) mass is 550 g/mol. The Labute approximate surface area is 198 Å². The van der Waals surface area contributed by atoms with Crippen LogP contribution in [0, 0.1) is 6.92 Å². The van der Waals surface area contributed by atoms with Crippen LogP contribution in [0.5, 0.6) is 0 Å². The summed E-state index contributed by atoms with van der Waals surface area (Å²) in [7, 11) is 0. The third kappa shape index (κ3) is 7.01. The molecule has 0 aliphatic carbocycles. The van der Waals surface area contributed by atoms with Gasteiger partial charge in [0.25, 0.3) is 0 Å². The zero-order valence-electron chi connectivity index (χ0n) is 17.9. The van der Waals surface area contributed by atoms with E-state index in [1.54, 1.807) is 6.07 Å². The minimum absolute atomic E-state index is 0. The van der Waals surface area contributed by atoms with Gasteiger partial charge in [-0.2, -0.15) is 18.3 Å². The molecule has 1 aliphatic rings. The molecule has 1 saturated heterocycles. The van der Waals surface area contributed by atoms with Gasteiger partial charge in [0, 0.05) is 50.6 Å². The number of rotatable bonds is 6. The normalized spacial score (nSPS) is 15.1. The number of aryl methyl sites for hydroxylation is 2. The van der Waals surface area contributed by atoms with E-state index in [9.17, 15) is 13.2 Å². The van der Waals surface area contributed by atoms with Gasteiger partial charge in [-0.15, -0.1) is 24.0 Å². The number of halogens is 4. The van der Waals surface area contributed by atoms with Crippen LogP contribution in [0.25, 0.3) is 0 Å². The predicted octanol–water partition coefficient (Wildman–Crippen LogP) is 4.08. The lowest BCUT2D eigenvalue weighted by molar-refractivity contribution is -0.137. The van der Waals surface area contributed by atoms with Crippen LogP contribution < -0.4 is 10.2 Å². The summed E-state index contributed by atoms with van der Waals surface area (Å²) >= 11 is 0. The summed E-state index contributed by atoms with van der Waals surface area (Å²) < 4.78 is 39.0. The van der Waals surface area contributed by atoms with E-state index in [2.05, 4.69) is 20.4 Å². The summed E-state index contributed by atoms with van der Waals surface area (Å²) in [6, 6.07) is 5.55. The Bertz CT molecular complexity index is 844. The number of benzene rings is 1. The zero-order chi connectivity index (χ0) is 21.6. The first-order valence-electron chi connectivity index (χ1n) is 10.3. The maximum atomic E-state index is 13.0. The molecule has 0 saturated carbocycles. The second-order valence-corrected chi connectivity index (χ2v) is 7.38. The van der Waals surface area contributed by atoms with Gasteiger partial charge >= 0.3 is 6.18 Å². The standard InChI is InChI=1S/C21H29F3N6.HI/c1-3-25-20(26-9-5-6-17-15-27-28-16(17)2)30-12-10-29(11-13-30)19-8-4-7-18(14-19)21(22,23)24;/h4,7-8,14-15H,3,5-6,9-13H2,1-2H3,(H,25,26)(H,27,28);1H. The Morgan fingerprint density at radius 1 is 1.23 bits per heavy atom. The van der Waals surface area contributed by atoms with Gasteiger partial charge in [0.05, 0.1) is 11.8 Å². The molecule has 3 rings (SSSR count). The predicted molar refractivity (Wildman–Crippen MR) is 128 cm³/mol. The van der Waals surface area contributed by atoms with Crippen molar-refractivity contribution >= 4 is 35.6 Å². The number of H-pyrrole nitrogens is 1. The van der Waals surface area contributed by atoms with Gasteiger partial charge in [-0.3, -0.25) is 10.1 Å². The quantitative estimate of drug-likeness (QED) is 0.247. The molecular formula is C21H30F3IN6. The molecule has 0 bridgehead atoms. The highest BCUT2D eigenvalue weighted by molar-refractivity contribution is 14.0. The second kappa shape index (κ2) is 11.6. The zero-order valence-corrected chi connectivity index (χ0v) is 20.2. The molecule has 0 amide bonds. The number of hydrogen-bond acceptors (Lipinski definition) is 3. The summed E-state index contributed by atoms with van der Waals surface area (Å²) in [5, 5.41) is 10.3. The highest BCUT2D eigenvalue weighted by atomic mass is 127. The third-order valence-corrected chi connectivity index (χ3v) is 5.25. The fraction of sp³-hybridized carbons (Fsp3) is 0.524. The van der Waals surface area contributed by atoms with Crippen molar-refractivity contribution in [2.75, 3.05) is 44.2 Å². The van der Waals surface area contributed by atoms with E-state index in [0.717, 1.165) is 37.1 Å². The molecule has 10 heteroatoms. The van der Waals surface area contributed by atoms with Crippen molar-refractivity contribution in [1.82, 2.24) is 20.4 Å². The molecule has 0 atom stereocenters. The molecule has 2 N–H and O–H groups in total. The minimum Gasteiger partial charge on any atom is -0.368 e. The molecule has 0 unspecified atom stereocenters. The third-order valence-electron chi connectivity index (χ3n) is 5.25. The second-order valence-electron chi connectivity index (χ2n) is 7.38. The van der Waals surface area contributed by atoms with Crippen LogP contribution in [0.4, 0.5) is 18.9 Å². The van der Waals surface area contributed by atoms with Crippen molar-refractivity contribution in [2.45, 2.75) is 32.9 Å². The van der Waals surface area contributed by atoms with Crippen molar-refractivity contribution < 1.29 is 13.2 Å². The first-order chi connectivity index (χ1) is 14.4. The van der Waals surface area contributed by atoms with Crippen LogP contribution in [0.3, 0.4) is 0 Å². The number of nitrogens with zero attached hydrogens (tertiary/aromatic N) is 4. The van der Waals surface area contributed by atoms with Crippen molar-refractivity contribution in [3.05, 3.63) is 47.3 Å². The molecular weight excluding hydrogens is 520 g/mol. The fourth-order valence-corrected chi connectivity index (χ4v) is 3.56. The van der Waals surface area contributed by atoms with Gasteiger partial charge in [0.2, 0.25) is 0 Å². The summed E-state index contributed by atoms with van der Waals surface area (Å²) in [6.07, 6.45) is -0.608. The molecule has 1 aliphatic heterocycles. The molecule has 1 fully saturated rings. The van der Waals surface area contributed by atoms with Gasteiger partial charge in [-0.05, 0) is 50.5 Å². The fourth-order valence-electron chi connectivity index (χ4n) is 3.56. The number of hydrogen-bond donors (Lipinski definition) is 2. The Morgan fingerprint density at radius 2 is 1.97 bits per heavy atom. The Morgan fingerprint density at radius 3 is 2.58 bits per heavy atom. The van der Waals surface area contributed by atoms with Gasteiger partial charge in [0.15, 0.2) is 5.96 Å². The lowest BCUT2D eigenvalue weighted by Crippen LogP contribution is -2.52. The summed E-state index contributed by atoms with van der Waals surface area (Å²) in [6.45, 7) is 8.25. The van der Waals surface area contributed by atoms with Crippen molar-refractivity contribution in [1.29, 1.82) is 0 Å². The number of guanidine groups is 1. The number of piperazine rings is 1. The SMILES string of the molecule is CCNC(=NCCCc1cn[nH]c1C)N1CCN(c2cccc(C(F)(F)F)c2)CC1.I. The van der Waals surface area contributed by atoms with Gasteiger partial charge in [0.1, 0.15) is 0 Å². The molecule has 172 valence electrons. The summed E-state index contributed by atoms with van der Waals surface area (Å²) in [5.74, 6) is 0.866.